The Morgan fingerprint density at radius 2 is 2.08 bits per heavy atom. The second kappa shape index (κ2) is 3.54. The lowest BCUT2D eigenvalue weighted by molar-refractivity contribution is 0.0782. The summed E-state index contributed by atoms with van der Waals surface area (Å²) in [5, 5.41) is 3.32. The molecule has 1 amide bonds. The molecule has 4 nitrogen and oxygen atoms in total. The van der Waals surface area contributed by atoms with Crippen LogP contribution in [0.3, 0.4) is 0 Å². The van der Waals surface area contributed by atoms with Gasteiger partial charge in [0.2, 0.25) is 0 Å². The maximum absolute atomic E-state index is 11.5. The molecule has 0 aromatic heterocycles. The normalized spacial score (nSPS) is 31.9. The first-order valence-corrected chi connectivity index (χ1v) is 4.98. The summed E-state index contributed by atoms with van der Waals surface area (Å²) in [4.78, 5) is 13.5. The minimum absolute atomic E-state index is 0.128. The van der Waals surface area contributed by atoms with Crippen LogP contribution in [0.5, 0.6) is 0 Å². The third-order valence-electron chi connectivity index (χ3n) is 2.86. The van der Waals surface area contributed by atoms with Gasteiger partial charge in [-0.25, -0.2) is 4.79 Å². The Kier molecular flexibility index (Phi) is 2.40. The second-order valence-corrected chi connectivity index (χ2v) is 3.65. The number of hydrogen-bond donors (Lipinski definition) is 1. The van der Waals surface area contributed by atoms with Gasteiger partial charge in [0.1, 0.15) is 0 Å². The third-order valence-corrected chi connectivity index (χ3v) is 2.86. The highest BCUT2D eigenvalue weighted by molar-refractivity contribution is 5.69. The van der Waals surface area contributed by atoms with Crippen LogP contribution >= 0.6 is 0 Å². The topological polar surface area (TPSA) is 41.6 Å². The largest absolute Gasteiger partial charge is 0.450 e. The number of carbonyl (C=O) groups excluding carboxylic acids is 1. The van der Waals surface area contributed by atoms with Gasteiger partial charge in [-0.3, -0.25) is 4.90 Å². The van der Waals surface area contributed by atoms with Gasteiger partial charge in [-0.15, -0.1) is 0 Å². The fraction of sp³-hybridized carbons (Fsp3) is 0.889. The van der Waals surface area contributed by atoms with E-state index < -0.39 is 0 Å². The molecule has 2 rings (SSSR count). The lowest BCUT2D eigenvalue weighted by Crippen LogP contribution is -2.54. The lowest BCUT2D eigenvalue weighted by Gasteiger charge is -2.34. The lowest BCUT2D eigenvalue weighted by atomic mass is 10.2. The molecular formula is C9H16N2O2. The van der Waals surface area contributed by atoms with Crippen molar-refractivity contribution in [2.75, 3.05) is 19.7 Å². The third kappa shape index (κ3) is 1.50. The van der Waals surface area contributed by atoms with Crippen LogP contribution in [0, 0.1) is 0 Å². The van der Waals surface area contributed by atoms with Crippen molar-refractivity contribution in [3.8, 4) is 0 Å². The summed E-state index contributed by atoms with van der Waals surface area (Å²) in [6.07, 6.45) is 2.11. The summed E-state index contributed by atoms with van der Waals surface area (Å²) in [6, 6.07) is 0.746. The molecule has 4 heteroatoms. The van der Waals surface area contributed by atoms with Gasteiger partial charge >= 0.3 is 6.09 Å². The van der Waals surface area contributed by atoms with Crippen LogP contribution in [-0.2, 0) is 4.74 Å². The highest BCUT2D eigenvalue weighted by atomic mass is 16.6. The molecule has 0 aromatic rings. The first kappa shape index (κ1) is 8.81. The zero-order valence-corrected chi connectivity index (χ0v) is 7.95. The van der Waals surface area contributed by atoms with Crippen LogP contribution in [0.1, 0.15) is 19.8 Å². The first-order chi connectivity index (χ1) is 6.33. The molecule has 2 unspecified atom stereocenters. The number of fused-ring (bicyclic) bond motifs is 2. The Bertz CT molecular complexity index is 192. The Labute approximate surface area is 78.2 Å². The van der Waals surface area contributed by atoms with Gasteiger partial charge in [-0.2, -0.15) is 0 Å². The maximum Gasteiger partial charge on any atom is 0.410 e. The molecule has 0 aromatic carbocycles. The number of carbonyl (C=O) groups is 1. The van der Waals surface area contributed by atoms with Crippen molar-refractivity contribution in [3.63, 3.8) is 0 Å². The van der Waals surface area contributed by atoms with Gasteiger partial charge in [0, 0.05) is 25.2 Å². The van der Waals surface area contributed by atoms with E-state index in [0.717, 1.165) is 25.9 Å². The number of hydrogen-bond acceptors (Lipinski definition) is 3. The van der Waals surface area contributed by atoms with E-state index in [1.807, 2.05) is 11.8 Å². The van der Waals surface area contributed by atoms with Gasteiger partial charge in [0.25, 0.3) is 0 Å². The van der Waals surface area contributed by atoms with Crippen molar-refractivity contribution < 1.29 is 9.53 Å². The van der Waals surface area contributed by atoms with Crippen molar-refractivity contribution in [2.24, 2.45) is 0 Å². The first-order valence-electron chi connectivity index (χ1n) is 4.98. The molecule has 2 atom stereocenters. The van der Waals surface area contributed by atoms with Crippen molar-refractivity contribution >= 4 is 6.09 Å². The number of rotatable bonds is 1. The van der Waals surface area contributed by atoms with E-state index in [1.54, 1.807) is 0 Å². The zero-order chi connectivity index (χ0) is 9.26. The zero-order valence-electron chi connectivity index (χ0n) is 7.95. The molecule has 0 radical (unpaired) electrons. The van der Waals surface area contributed by atoms with Gasteiger partial charge in [-0.1, -0.05) is 0 Å². The molecule has 2 saturated heterocycles. The second-order valence-electron chi connectivity index (χ2n) is 3.65. The number of piperazine rings is 1. The van der Waals surface area contributed by atoms with E-state index in [9.17, 15) is 4.79 Å². The van der Waals surface area contributed by atoms with Gasteiger partial charge in [-0.05, 0) is 19.8 Å². The summed E-state index contributed by atoms with van der Waals surface area (Å²) in [6.45, 7) is 4.18. The van der Waals surface area contributed by atoms with Gasteiger partial charge < -0.3 is 10.1 Å². The SMILES string of the molecule is CCOC(=O)N1C2CCC1CNC2. The van der Waals surface area contributed by atoms with Gasteiger partial charge in [0.15, 0.2) is 0 Å². The van der Waals surface area contributed by atoms with Crippen LogP contribution in [0.2, 0.25) is 0 Å². The highest BCUT2D eigenvalue weighted by Gasteiger charge is 2.40. The fourth-order valence-corrected chi connectivity index (χ4v) is 2.27. The summed E-state index contributed by atoms with van der Waals surface area (Å²) in [5.74, 6) is 0. The van der Waals surface area contributed by atoms with E-state index in [0.29, 0.717) is 18.7 Å². The van der Waals surface area contributed by atoms with Crippen molar-refractivity contribution in [1.82, 2.24) is 10.2 Å². The quantitative estimate of drug-likeness (QED) is 0.648. The predicted octanol–water partition coefficient (Wildman–Crippen LogP) is 0.579. The van der Waals surface area contributed by atoms with E-state index in [4.69, 9.17) is 4.74 Å². The standard InChI is InChI=1S/C9H16N2O2/c1-2-13-9(12)11-7-3-4-8(11)6-10-5-7/h7-8,10H,2-6H2,1H3. The van der Waals surface area contributed by atoms with Crippen molar-refractivity contribution in [3.05, 3.63) is 0 Å². The molecule has 2 bridgehead atoms. The van der Waals surface area contributed by atoms with Crippen LogP contribution in [0.4, 0.5) is 4.79 Å². The van der Waals surface area contributed by atoms with Crippen molar-refractivity contribution in [2.45, 2.75) is 31.8 Å². The van der Waals surface area contributed by atoms with Gasteiger partial charge in [0.05, 0.1) is 6.61 Å². The minimum Gasteiger partial charge on any atom is -0.450 e. The summed E-state index contributed by atoms with van der Waals surface area (Å²) in [5.41, 5.74) is 0. The number of ether oxygens (including phenoxy) is 1. The van der Waals surface area contributed by atoms with Crippen molar-refractivity contribution in [1.29, 1.82) is 0 Å². The molecule has 13 heavy (non-hydrogen) atoms. The summed E-state index contributed by atoms with van der Waals surface area (Å²) in [7, 11) is 0. The average Bonchev–Trinajstić information content (AvgIpc) is 2.37. The highest BCUT2D eigenvalue weighted by Crippen LogP contribution is 2.26. The molecule has 0 saturated carbocycles. The summed E-state index contributed by atoms with van der Waals surface area (Å²) >= 11 is 0. The van der Waals surface area contributed by atoms with Crippen LogP contribution in [-0.4, -0.2) is 42.8 Å². The molecule has 1 N–H and O–H groups in total. The van der Waals surface area contributed by atoms with E-state index >= 15 is 0 Å². The molecule has 0 aliphatic carbocycles. The molecule has 2 heterocycles. The van der Waals surface area contributed by atoms with E-state index in [-0.39, 0.29) is 6.09 Å². The molecule has 74 valence electrons. The van der Waals surface area contributed by atoms with E-state index in [1.165, 1.54) is 0 Å². The number of amides is 1. The monoisotopic (exact) mass is 184 g/mol. The Hall–Kier alpha value is -0.770. The summed E-state index contributed by atoms with van der Waals surface area (Å²) < 4.78 is 5.02. The van der Waals surface area contributed by atoms with Crippen LogP contribution in [0.15, 0.2) is 0 Å². The molecule has 0 spiro atoms. The minimum atomic E-state index is -0.128. The Morgan fingerprint density at radius 1 is 1.46 bits per heavy atom. The molecule has 2 fully saturated rings. The number of nitrogens with one attached hydrogen (secondary N) is 1. The van der Waals surface area contributed by atoms with Crippen LogP contribution in [0.25, 0.3) is 0 Å². The Balaban J connectivity index is 2.02. The molecule has 2 aliphatic heterocycles. The van der Waals surface area contributed by atoms with Crippen LogP contribution < -0.4 is 5.32 Å². The average molecular weight is 184 g/mol. The number of nitrogens with zero attached hydrogens (tertiary/aromatic N) is 1. The molecular weight excluding hydrogens is 168 g/mol. The Morgan fingerprint density at radius 3 is 2.62 bits per heavy atom. The molecule has 2 aliphatic rings. The van der Waals surface area contributed by atoms with E-state index in [2.05, 4.69) is 5.32 Å². The fourth-order valence-electron chi connectivity index (χ4n) is 2.27. The predicted molar refractivity (Wildman–Crippen MR) is 48.5 cm³/mol. The maximum atomic E-state index is 11.5. The smallest absolute Gasteiger partial charge is 0.410 e.